The van der Waals surface area contributed by atoms with E-state index in [2.05, 4.69) is 10.3 Å². The summed E-state index contributed by atoms with van der Waals surface area (Å²) in [5, 5.41) is 7.56. The summed E-state index contributed by atoms with van der Waals surface area (Å²) in [6.45, 7) is 5.26. The first-order chi connectivity index (χ1) is 9.72. The standard InChI is InChI=1S/C13H17ClN2O4S/c1-7-10(11(19-15-7)8-4-5-8)12(14)21(17,18)9-6-13(2,3)20-16-9/h8,12H,4-6H2,1-3H3. The van der Waals surface area contributed by atoms with Gasteiger partial charge in [0.15, 0.2) is 9.75 Å². The third-order valence-electron chi connectivity index (χ3n) is 3.68. The highest BCUT2D eigenvalue weighted by atomic mass is 35.5. The van der Waals surface area contributed by atoms with Crippen molar-refractivity contribution in [3.8, 4) is 0 Å². The van der Waals surface area contributed by atoms with E-state index in [1.165, 1.54) is 0 Å². The molecule has 2 aliphatic rings. The summed E-state index contributed by atoms with van der Waals surface area (Å²) in [5.74, 6) is 0.825. The molecule has 8 heteroatoms. The lowest BCUT2D eigenvalue weighted by molar-refractivity contribution is 0.0123. The summed E-state index contributed by atoms with van der Waals surface area (Å²) in [7, 11) is -3.79. The third kappa shape index (κ3) is 2.57. The van der Waals surface area contributed by atoms with E-state index in [1.54, 1.807) is 20.8 Å². The quantitative estimate of drug-likeness (QED) is 0.794. The van der Waals surface area contributed by atoms with Gasteiger partial charge in [0, 0.05) is 12.3 Å². The molecule has 2 heterocycles. The predicted octanol–water partition coefficient (Wildman–Crippen LogP) is 3.03. The fourth-order valence-electron chi connectivity index (χ4n) is 2.34. The first-order valence-corrected chi connectivity index (χ1v) is 8.80. The minimum Gasteiger partial charge on any atom is -0.389 e. The number of alkyl halides is 1. The molecule has 21 heavy (non-hydrogen) atoms. The topological polar surface area (TPSA) is 81.8 Å². The number of sulfone groups is 1. The Labute approximate surface area is 128 Å². The van der Waals surface area contributed by atoms with E-state index >= 15 is 0 Å². The van der Waals surface area contributed by atoms with Crippen LogP contribution in [0.3, 0.4) is 0 Å². The Balaban J connectivity index is 1.95. The van der Waals surface area contributed by atoms with E-state index in [-0.39, 0.29) is 17.4 Å². The first kappa shape index (κ1) is 14.8. The van der Waals surface area contributed by atoms with Gasteiger partial charge in [-0.2, -0.15) is 0 Å². The molecule has 0 N–H and O–H groups in total. The lowest BCUT2D eigenvalue weighted by Gasteiger charge is -2.14. The second kappa shape index (κ2) is 4.71. The van der Waals surface area contributed by atoms with Gasteiger partial charge in [-0.1, -0.05) is 21.9 Å². The maximum atomic E-state index is 12.7. The van der Waals surface area contributed by atoms with Crippen molar-refractivity contribution in [1.82, 2.24) is 5.16 Å². The van der Waals surface area contributed by atoms with Crippen LogP contribution in [0.25, 0.3) is 0 Å². The lowest BCUT2D eigenvalue weighted by Crippen LogP contribution is -2.24. The van der Waals surface area contributed by atoms with Crippen LogP contribution in [-0.2, 0) is 14.7 Å². The van der Waals surface area contributed by atoms with Gasteiger partial charge in [-0.05, 0) is 33.6 Å². The second-order valence-corrected chi connectivity index (χ2v) is 8.92. The van der Waals surface area contributed by atoms with Crippen LogP contribution in [0.4, 0.5) is 0 Å². The molecule has 1 saturated carbocycles. The first-order valence-electron chi connectivity index (χ1n) is 6.81. The van der Waals surface area contributed by atoms with E-state index in [4.69, 9.17) is 21.0 Å². The summed E-state index contributed by atoms with van der Waals surface area (Å²) < 4.78 is 29.3. The molecule has 1 aromatic heterocycles. The summed E-state index contributed by atoms with van der Waals surface area (Å²) >= 11 is 6.27. The van der Waals surface area contributed by atoms with Crippen molar-refractivity contribution in [2.75, 3.05) is 0 Å². The highest BCUT2D eigenvalue weighted by Crippen LogP contribution is 2.46. The van der Waals surface area contributed by atoms with Crippen LogP contribution in [0, 0.1) is 6.92 Å². The van der Waals surface area contributed by atoms with Gasteiger partial charge in [0.2, 0.25) is 9.84 Å². The summed E-state index contributed by atoms with van der Waals surface area (Å²) in [4.78, 5) is 5.14. The average Bonchev–Trinajstić information content (AvgIpc) is 3.07. The van der Waals surface area contributed by atoms with Gasteiger partial charge in [0.1, 0.15) is 11.4 Å². The molecule has 0 aromatic carbocycles. The Morgan fingerprint density at radius 2 is 2.05 bits per heavy atom. The molecule has 1 fully saturated rings. The molecule has 3 rings (SSSR count). The maximum Gasteiger partial charge on any atom is 0.216 e. The summed E-state index contributed by atoms with van der Waals surface area (Å²) in [5.41, 5.74) is 0.355. The van der Waals surface area contributed by atoms with Crippen molar-refractivity contribution in [2.45, 2.75) is 56.3 Å². The fraction of sp³-hybridized carbons (Fsp3) is 0.692. The number of hydrogen-bond donors (Lipinski definition) is 0. The number of aromatic nitrogens is 1. The van der Waals surface area contributed by atoms with E-state index in [9.17, 15) is 8.42 Å². The Kier molecular flexibility index (Phi) is 3.33. The SMILES string of the molecule is Cc1noc(C2CC2)c1C(Cl)S(=O)(=O)C1=NOC(C)(C)C1. The Morgan fingerprint density at radius 3 is 2.57 bits per heavy atom. The van der Waals surface area contributed by atoms with E-state index < -0.39 is 20.1 Å². The molecular weight excluding hydrogens is 316 g/mol. The Bertz CT molecular complexity index is 704. The maximum absolute atomic E-state index is 12.7. The molecule has 1 aliphatic heterocycles. The fourth-order valence-corrected chi connectivity index (χ4v) is 4.44. The molecule has 6 nitrogen and oxygen atoms in total. The number of hydrogen-bond acceptors (Lipinski definition) is 6. The predicted molar refractivity (Wildman–Crippen MR) is 77.9 cm³/mol. The number of nitrogens with zero attached hydrogens (tertiary/aromatic N) is 2. The molecule has 116 valence electrons. The third-order valence-corrected chi connectivity index (χ3v) is 6.26. The molecular formula is C13H17ClN2O4S. The zero-order valence-electron chi connectivity index (χ0n) is 12.1. The van der Waals surface area contributed by atoms with Gasteiger partial charge in [-0.3, -0.25) is 0 Å². The van der Waals surface area contributed by atoms with Gasteiger partial charge in [-0.15, -0.1) is 0 Å². The minimum absolute atomic E-state index is 0.0187. The highest BCUT2D eigenvalue weighted by molar-refractivity contribution is 8.07. The minimum atomic E-state index is -3.79. The molecule has 0 spiro atoms. The lowest BCUT2D eigenvalue weighted by atomic mass is 10.1. The molecule has 1 atom stereocenters. The van der Waals surface area contributed by atoms with Crippen LogP contribution in [0.2, 0.25) is 0 Å². The van der Waals surface area contributed by atoms with Crippen molar-refractivity contribution in [2.24, 2.45) is 5.16 Å². The number of rotatable bonds is 3. The smallest absolute Gasteiger partial charge is 0.216 e. The van der Waals surface area contributed by atoms with Crippen molar-refractivity contribution < 1.29 is 17.8 Å². The van der Waals surface area contributed by atoms with Crippen molar-refractivity contribution >= 4 is 26.5 Å². The zero-order valence-corrected chi connectivity index (χ0v) is 13.7. The largest absolute Gasteiger partial charge is 0.389 e. The van der Waals surface area contributed by atoms with Crippen LogP contribution < -0.4 is 0 Å². The van der Waals surface area contributed by atoms with E-state index in [0.29, 0.717) is 17.0 Å². The molecule has 1 aliphatic carbocycles. The number of aryl methyl sites for hydroxylation is 1. The molecule has 0 saturated heterocycles. The van der Waals surface area contributed by atoms with Crippen LogP contribution >= 0.6 is 11.6 Å². The van der Waals surface area contributed by atoms with Gasteiger partial charge in [0.05, 0.1) is 11.3 Å². The second-order valence-electron chi connectivity index (χ2n) is 6.19. The van der Waals surface area contributed by atoms with Gasteiger partial charge in [0.25, 0.3) is 0 Å². The van der Waals surface area contributed by atoms with E-state index in [1.807, 2.05) is 0 Å². The molecule has 0 amide bonds. The highest BCUT2D eigenvalue weighted by Gasteiger charge is 2.44. The average molecular weight is 333 g/mol. The Morgan fingerprint density at radius 1 is 1.38 bits per heavy atom. The normalized spacial score (nSPS) is 22.8. The molecule has 0 radical (unpaired) electrons. The van der Waals surface area contributed by atoms with E-state index in [0.717, 1.165) is 12.8 Å². The number of halogens is 1. The number of oxime groups is 1. The summed E-state index contributed by atoms with van der Waals surface area (Å²) in [6.07, 6.45) is 2.16. The van der Waals surface area contributed by atoms with Gasteiger partial charge in [-0.25, -0.2) is 8.42 Å². The van der Waals surface area contributed by atoms with Gasteiger partial charge < -0.3 is 9.36 Å². The van der Waals surface area contributed by atoms with Crippen LogP contribution in [0.5, 0.6) is 0 Å². The van der Waals surface area contributed by atoms with Crippen LogP contribution in [0.15, 0.2) is 9.68 Å². The monoisotopic (exact) mass is 332 g/mol. The van der Waals surface area contributed by atoms with Gasteiger partial charge >= 0.3 is 0 Å². The Hall–Kier alpha value is -1.08. The van der Waals surface area contributed by atoms with Crippen molar-refractivity contribution in [3.63, 3.8) is 0 Å². The van der Waals surface area contributed by atoms with Crippen molar-refractivity contribution in [3.05, 3.63) is 17.0 Å². The molecule has 1 unspecified atom stereocenters. The van der Waals surface area contributed by atoms with Crippen molar-refractivity contribution in [1.29, 1.82) is 0 Å². The van der Waals surface area contributed by atoms with Crippen LogP contribution in [-0.4, -0.2) is 24.2 Å². The summed E-state index contributed by atoms with van der Waals surface area (Å²) in [6, 6.07) is 0. The molecule has 1 aromatic rings. The molecule has 0 bridgehead atoms. The van der Waals surface area contributed by atoms with Crippen LogP contribution in [0.1, 0.15) is 60.8 Å². The zero-order chi connectivity index (χ0) is 15.4.